The van der Waals surface area contributed by atoms with Crippen LogP contribution in [-0.4, -0.2) is 19.5 Å². The second kappa shape index (κ2) is 8.35. The maximum absolute atomic E-state index is 6.09. The molecule has 2 aromatic rings. The lowest BCUT2D eigenvalue weighted by Gasteiger charge is -2.28. The Morgan fingerprint density at radius 2 is 1.58 bits per heavy atom. The second-order valence-electron chi connectivity index (χ2n) is 6.23. The fraction of sp³-hybridized carbons (Fsp3) is 0.400. The van der Waals surface area contributed by atoms with Crippen LogP contribution in [-0.2, 0) is 15.9 Å². The van der Waals surface area contributed by atoms with Crippen molar-refractivity contribution in [2.75, 3.05) is 13.2 Å². The van der Waals surface area contributed by atoms with Crippen molar-refractivity contribution in [2.24, 2.45) is 5.92 Å². The van der Waals surface area contributed by atoms with Crippen molar-refractivity contribution < 1.29 is 9.47 Å². The molecule has 0 atom stereocenters. The molecule has 0 spiro atoms. The molecule has 1 fully saturated rings. The molecule has 0 saturated carbocycles. The van der Waals surface area contributed by atoms with E-state index in [1.54, 1.807) is 0 Å². The van der Waals surface area contributed by atoms with Crippen LogP contribution < -0.4 is 0 Å². The molecule has 0 amide bonds. The Morgan fingerprint density at radius 1 is 0.917 bits per heavy atom. The number of hydrogen-bond donors (Lipinski definition) is 0. The van der Waals surface area contributed by atoms with E-state index < -0.39 is 0 Å². The van der Waals surface area contributed by atoms with Crippen LogP contribution in [0.15, 0.2) is 42.5 Å². The third kappa shape index (κ3) is 4.52. The lowest BCUT2D eigenvalue weighted by Crippen LogP contribution is -2.32. The van der Waals surface area contributed by atoms with E-state index >= 15 is 0 Å². The summed E-state index contributed by atoms with van der Waals surface area (Å²) in [5.41, 5.74) is 3.48. The molecular weight excluding hydrogens is 343 g/mol. The molecule has 3 rings (SSSR count). The number of benzene rings is 2. The molecule has 4 heteroatoms. The molecule has 1 saturated heterocycles. The predicted molar refractivity (Wildman–Crippen MR) is 99.7 cm³/mol. The van der Waals surface area contributed by atoms with Gasteiger partial charge in [-0.2, -0.15) is 0 Å². The van der Waals surface area contributed by atoms with Crippen molar-refractivity contribution in [3.63, 3.8) is 0 Å². The lowest BCUT2D eigenvalue weighted by molar-refractivity contribution is -0.202. The molecule has 0 aliphatic carbocycles. The highest BCUT2D eigenvalue weighted by Crippen LogP contribution is 2.29. The Labute approximate surface area is 153 Å². The van der Waals surface area contributed by atoms with E-state index in [-0.39, 0.29) is 6.29 Å². The SMILES string of the molecule is CCC1COC(CCc2ccc(-c3ccc(Cl)c(Cl)c3)cc2)OC1. The highest BCUT2D eigenvalue weighted by molar-refractivity contribution is 6.42. The Balaban J connectivity index is 1.56. The van der Waals surface area contributed by atoms with Gasteiger partial charge in [0.15, 0.2) is 6.29 Å². The Hall–Kier alpha value is -1.06. The molecule has 1 aliphatic rings. The summed E-state index contributed by atoms with van der Waals surface area (Å²) in [7, 11) is 0. The molecule has 0 unspecified atom stereocenters. The van der Waals surface area contributed by atoms with Crippen LogP contribution in [0.4, 0.5) is 0 Å². The first-order valence-electron chi connectivity index (χ1n) is 8.43. The van der Waals surface area contributed by atoms with Crippen LogP contribution in [0, 0.1) is 5.92 Å². The Bertz CT molecular complexity index is 662. The van der Waals surface area contributed by atoms with E-state index in [0.717, 1.165) is 43.6 Å². The Kier molecular flexibility index (Phi) is 6.18. The largest absolute Gasteiger partial charge is 0.352 e. The van der Waals surface area contributed by atoms with Gasteiger partial charge in [0.2, 0.25) is 0 Å². The molecular formula is C20H22Cl2O2. The van der Waals surface area contributed by atoms with Crippen molar-refractivity contribution in [3.05, 3.63) is 58.1 Å². The van der Waals surface area contributed by atoms with Crippen molar-refractivity contribution in [1.29, 1.82) is 0 Å². The maximum Gasteiger partial charge on any atom is 0.157 e. The van der Waals surface area contributed by atoms with Crippen LogP contribution in [0.5, 0.6) is 0 Å². The van der Waals surface area contributed by atoms with Gasteiger partial charge in [0.25, 0.3) is 0 Å². The minimum absolute atomic E-state index is 0.0671. The number of ether oxygens (including phenoxy) is 2. The van der Waals surface area contributed by atoms with Crippen LogP contribution in [0.1, 0.15) is 25.3 Å². The fourth-order valence-corrected chi connectivity index (χ4v) is 3.11. The Morgan fingerprint density at radius 3 is 2.21 bits per heavy atom. The van der Waals surface area contributed by atoms with Crippen molar-refractivity contribution in [2.45, 2.75) is 32.5 Å². The summed E-state index contributed by atoms with van der Waals surface area (Å²) >= 11 is 12.1. The molecule has 0 aromatic heterocycles. The van der Waals surface area contributed by atoms with Gasteiger partial charge < -0.3 is 9.47 Å². The van der Waals surface area contributed by atoms with E-state index in [1.807, 2.05) is 18.2 Å². The normalized spacial score (nSPS) is 21.0. The quantitative estimate of drug-likeness (QED) is 0.648. The van der Waals surface area contributed by atoms with Crippen molar-refractivity contribution >= 4 is 23.2 Å². The zero-order chi connectivity index (χ0) is 16.9. The zero-order valence-corrected chi connectivity index (χ0v) is 15.3. The molecule has 0 radical (unpaired) electrons. The monoisotopic (exact) mass is 364 g/mol. The summed E-state index contributed by atoms with van der Waals surface area (Å²) < 4.78 is 11.5. The van der Waals surface area contributed by atoms with E-state index in [1.165, 1.54) is 5.56 Å². The van der Waals surface area contributed by atoms with Crippen molar-refractivity contribution in [1.82, 2.24) is 0 Å². The van der Waals surface area contributed by atoms with Gasteiger partial charge in [0.1, 0.15) is 0 Å². The topological polar surface area (TPSA) is 18.5 Å². The van der Waals surface area contributed by atoms with Gasteiger partial charge in [0, 0.05) is 12.3 Å². The fourth-order valence-electron chi connectivity index (χ4n) is 2.81. The first-order valence-corrected chi connectivity index (χ1v) is 9.19. The second-order valence-corrected chi connectivity index (χ2v) is 7.05. The maximum atomic E-state index is 6.09. The number of aryl methyl sites for hydroxylation is 1. The molecule has 0 N–H and O–H groups in total. The standard InChI is InChI=1S/C20H22Cl2O2/c1-2-14-12-23-20(24-13-14)10-5-15-3-6-16(7-4-15)17-8-9-18(21)19(22)11-17/h3-4,6-9,11,14,20H,2,5,10,12-13H2,1H3. The minimum Gasteiger partial charge on any atom is -0.352 e. The number of halogens is 2. The predicted octanol–water partition coefficient (Wildman–Crippen LogP) is 5.99. The third-order valence-corrected chi connectivity index (χ3v) is 5.23. The van der Waals surface area contributed by atoms with Crippen LogP contribution in [0.25, 0.3) is 11.1 Å². The lowest BCUT2D eigenvalue weighted by atomic mass is 10.0. The minimum atomic E-state index is -0.0671. The van der Waals surface area contributed by atoms with Crippen LogP contribution >= 0.6 is 23.2 Å². The smallest absolute Gasteiger partial charge is 0.157 e. The van der Waals surface area contributed by atoms with Gasteiger partial charge in [0.05, 0.1) is 23.3 Å². The summed E-state index contributed by atoms with van der Waals surface area (Å²) in [4.78, 5) is 0. The highest BCUT2D eigenvalue weighted by Gasteiger charge is 2.20. The summed E-state index contributed by atoms with van der Waals surface area (Å²) in [6.07, 6.45) is 2.89. The molecule has 128 valence electrons. The molecule has 2 nitrogen and oxygen atoms in total. The van der Waals surface area contributed by atoms with Gasteiger partial charge in [-0.3, -0.25) is 0 Å². The first kappa shape index (κ1) is 17.8. The summed E-state index contributed by atoms with van der Waals surface area (Å²) in [6.45, 7) is 3.81. The average Bonchev–Trinajstić information content (AvgIpc) is 2.63. The first-order chi connectivity index (χ1) is 11.7. The van der Waals surface area contributed by atoms with Gasteiger partial charge in [-0.25, -0.2) is 0 Å². The summed E-state index contributed by atoms with van der Waals surface area (Å²) in [6, 6.07) is 14.2. The molecule has 2 aromatic carbocycles. The van der Waals surface area contributed by atoms with Gasteiger partial charge in [-0.05, 0) is 41.7 Å². The molecule has 0 bridgehead atoms. The summed E-state index contributed by atoms with van der Waals surface area (Å²) in [5.74, 6) is 0.548. The van der Waals surface area contributed by atoms with Gasteiger partial charge in [-0.15, -0.1) is 0 Å². The van der Waals surface area contributed by atoms with Crippen LogP contribution in [0.2, 0.25) is 10.0 Å². The average molecular weight is 365 g/mol. The third-order valence-electron chi connectivity index (χ3n) is 4.49. The molecule has 1 aliphatic heterocycles. The summed E-state index contributed by atoms with van der Waals surface area (Å²) in [5, 5.41) is 1.16. The zero-order valence-electron chi connectivity index (χ0n) is 13.8. The van der Waals surface area contributed by atoms with Crippen LogP contribution in [0.3, 0.4) is 0 Å². The van der Waals surface area contributed by atoms with E-state index in [0.29, 0.717) is 16.0 Å². The van der Waals surface area contributed by atoms with E-state index in [4.69, 9.17) is 32.7 Å². The molecule has 1 heterocycles. The van der Waals surface area contributed by atoms with E-state index in [9.17, 15) is 0 Å². The van der Waals surface area contributed by atoms with Gasteiger partial charge in [-0.1, -0.05) is 60.5 Å². The number of hydrogen-bond acceptors (Lipinski definition) is 2. The van der Waals surface area contributed by atoms with Crippen molar-refractivity contribution in [3.8, 4) is 11.1 Å². The highest BCUT2D eigenvalue weighted by atomic mass is 35.5. The van der Waals surface area contributed by atoms with Gasteiger partial charge >= 0.3 is 0 Å². The van der Waals surface area contributed by atoms with E-state index in [2.05, 4.69) is 31.2 Å². The molecule has 24 heavy (non-hydrogen) atoms. The number of rotatable bonds is 5.